The summed E-state index contributed by atoms with van der Waals surface area (Å²) in [4.78, 5) is 12.0. The van der Waals surface area contributed by atoms with Crippen LogP contribution in [0.25, 0.3) is 0 Å². The molecule has 19 heavy (non-hydrogen) atoms. The van der Waals surface area contributed by atoms with Crippen molar-refractivity contribution in [3.05, 3.63) is 55.5 Å². The van der Waals surface area contributed by atoms with Crippen LogP contribution in [0.5, 0.6) is 0 Å². The van der Waals surface area contributed by atoms with E-state index in [1.807, 2.05) is 24.3 Å². The van der Waals surface area contributed by atoms with Crippen molar-refractivity contribution in [1.82, 2.24) is 9.78 Å². The van der Waals surface area contributed by atoms with Gasteiger partial charge in [0, 0.05) is 16.2 Å². The molecule has 1 aromatic carbocycles. The standard InChI is InChI=1S/C14H14IN3O/c15-11-5-3-10(4-6-11)9-18-14(19)8-13-12(17-18)2-1-7-16-13/h3-6,8,16H,1-2,7,9H2. The number of hydrogen-bond acceptors (Lipinski definition) is 3. The number of hydrogen-bond donors (Lipinski definition) is 1. The van der Waals surface area contributed by atoms with E-state index in [2.05, 4.69) is 33.0 Å². The number of aromatic nitrogens is 2. The molecule has 0 amide bonds. The zero-order chi connectivity index (χ0) is 13.2. The van der Waals surface area contributed by atoms with E-state index in [1.165, 1.54) is 3.57 Å². The van der Waals surface area contributed by atoms with Gasteiger partial charge in [-0.05, 0) is 53.1 Å². The molecule has 0 fully saturated rings. The number of anilines is 1. The van der Waals surface area contributed by atoms with E-state index in [4.69, 9.17) is 0 Å². The van der Waals surface area contributed by atoms with Gasteiger partial charge in [0.05, 0.1) is 17.9 Å². The highest BCUT2D eigenvalue weighted by Crippen LogP contribution is 2.17. The highest BCUT2D eigenvalue weighted by molar-refractivity contribution is 14.1. The Kier molecular flexibility index (Phi) is 3.54. The molecule has 3 rings (SSSR count). The lowest BCUT2D eigenvalue weighted by atomic mass is 10.1. The minimum atomic E-state index is -0.0494. The maximum atomic E-state index is 12.0. The molecular formula is C14H14IN3O. The molecule has 0 unspecified atom stereocenters. The SMILES string of the molecule is O=c1cc2c(nn1Cc1ccc(I)cc1)CCCN2. The number of halogens is 1. The number of aryl methyl sites for hydroxylation is 1. The summed E-state index contributed by atoms with van der Waals surface area (Å²) in [5.41, 5.74) is 2.94. The quantitative estimate of drug-likeness (QED) is 0.829. The fourth-order valence-electron chi connectivity index (χ4n) is 2.22. The lowest BCUT2D eigenvalue weighted by Gasteiger charge is -2.17. The average Bonchev–Trinajstić information content (AvgIpc) is 2.42. The molecule has 2 aromatic rings. The Morgan fingerprint density at radius 2 is 2.11 bits per heavy atom. The molecule has 0 saturated carbocycles. The van der Waals surface area contributed by atoms with Gasteiger partial charge in [0.15, 0.2) is 0 Å². The van der Waals surface area contributed by atoms with Crippen molar-refractivity contribution in [3.8, 4) is 0 Å². The summed E-state index contributed by atoms with van der Waals surface area (Å²) in [5.74, 6) is 0. The van der Waals surface area contributed by atoms with Crippen molar-refractivity contribution in [3.63, 3.8) is 0 Å². The van der Waals surface area contributed by atoms with Crippen LogP contribution in [0.2, 0.25) is 0 Å². The number of nitrogens with one attached hydrogen (secondary N) is 1. The Bertz CT molecular complexity index is 649. The van der Waals surface area contributed by atoms with Crippen molar-refractivity contribution in [1.29, 1.82) is 0 Å². The van der Waals surface area contributed by atoms with Gasteiger partial charge in [0.25, 0.3) is 5.56 Å². The molecular weight excluding hydrogens is 353 g/mol. The fraction of sp³-hybridized carbons (Fsp3) is 0.286. The Hall–Kier alpha value is -1.37. The van der Waals surface area contributed by atoms with E-state index >= 15 is 0 Å². The molecule has 0 bridgehead atoms. The molecule has 1 aliphatic heterocycles. The van der Waals surface area contributed by atoms with Crippen LogP contribution in [0.4, 0.5) is 5.69 Å². The van der Waals surface area contributed by atoms with Crippen LogP contribution in [0.3, 0.4) is 0 Å². The van der Waals surface area contributed by atoms with Gasteiger partial charge in [-0.15, -0.1) is 0 Å². The van der Waals surface area contributed by atoms with Gasteiger partial charge in [0.2, 0.25) is 0 Å². The van der Waals surface area contributed by atoms with E-state index in [9.17, 15) is 4.79 Å². The molecule has 1 aromatic heterocycles. The van der Waals surface area contributed by atoms with Crippen LogP contribution < -0.4 is 10.9 Å². The molecule has 0 saturated heterocycles. The monoisotopic (exact) mass is 367 g/mol. The molecule has 1 N–H and O–H groups in total. The predicted octanol–water partition coefficient (Wildman–Crippen LogP) is 2.25. The van der Waals surface area contributed by atoms with Crippen LogP contribution in [0.15, 0.2) is 35.1 Å². The molecule has 4 nitrogen and oxygen atoms in total. The molecule has 0 aliphatic carbocycles. The van der Waals surface area contributed by atoms with Gasteiger partial charge in [0.1, 0.15) is 0 Å². The first kappa shape index (κ1) is 12.7. The van der Waals surface area contributed by atoms with Crippen LogP contribution in [0, 0.1) is 3.57 Å². The first-order valence-corrected chi connectivity index (χ1v) is 7.39. The lowest BCUT2D eigenvalue weighted by Crippen LogP contribution is -2.27. The first-order chi connectivity index (χ1) is 9.22. The van der Waals surface area contributed by atoms with Gasteiger partial charge in [-0.25, -0.2) is 4.68 Å². The van der Waals surface area contributed by atoms with Crippen LogP contribution in [-0.2, 0) is 13.0 Å². The summed E-state index contributed by atoms with van der Waals surface area (Å²) in [6.07, 6.45) is 2.01. The lowest BCUT2D eigenvalue weighted by molar-refractivity contribution is 0.608. The molecule has 1 aliphatic rings. The van der Waals surface area contributed by atoms with Gasteiger partial charge >= 0.3 is 0 Å². The second-order valence-electron chi connectivity index (χ2n) is 4.66. The highest BCUT2D eigenvalue weighted by atomic mass is 127. The molecule has 0 atom stereocenters. The third kappa shape index (κ3) is 2.80. The van der Waals surface area contributed by atoms with Gasteiger partial charge in [-0.3, -0.25) is 4.79 Å². The van der Waals surface area contributed by atoms with Crippen molar-refractivity contribution < 1.29 is 0 Å². The zero-order valence-corrected chi connectivity index (χ0v) is 12.6. The molecule has 0 radical (unpaired) electrons. The molecule has 0 spiro atoms. The highest BCUT2D eigenvalue weighted by Gasteiger charge is 2.12. The summed E-state index contributed by atoms with van der Waals surface area (Å²) in [6.45, 7) is 1.46. The Morgan fingerprint density at radius 3 is 2.89 bits per heavy atom. The number of benzene rings is 1. The summed E-state index contributed by atoms with van der Waals surface area (Å²) in [7, 11) is 0. The summed E-state index contributed by atoms with van der Waals surface area (Å²) < 4.78 is 2.74. The van der Waals surface area contributed by atoms with E-state index in [0.29, 0.717) is 6.54 Å². The second-order valence-corrected chi connectivity index (χ2v) is 5.90. The topological polar surface area (TPSA) is 46.9 Å². The smallest absolute Gasteiger partial charge is 0.269 e. The van der Waals surface area contributed by atoms with Gasteiger partial charge < -0.3 is 5.32 Å². The largest absolute Gasteiger partial charge is 0.383 e. The number of nitrogens with zero attached hydrogens (tertiary/aromatic N) is 2. The third-order valence-corrected chi connectivity index (χ3v) is 3.95. The van der Waals surface area contributed by atoms with Crippen molar-refractivity contribution >= 4 is 28.3 Å². The molecule has 98 valence electrons. The molecule has 2 heterocycles. The van der Waals surface area contributed by atoms with E-state index in [1.54, 1.807) is 10.7 Å². The second kappa shape index (κ2) is 5.32. The average molecular weight is 367 g/mol. The Labute approximate surface area is 125 Å². The van der Waals surface area contributed by atoms with Crippen molar-refractivity contribution in [2.75, 3.05) is 11.9 Å². The van der Waals surface area contributed by atoms with E-state index in [0.717, 1.165) is 36.3 Å². The fourth-order valence-corrected chi connectivity index (χ4v) is 2.58. The Morgan fingerprint density at radius 1 is 1.32 bits per heavy atom. The first-order valence-electron chi connectivity index (χ1n) is 6.32. The maximum Gasteiger partial charge on any atom is 0.269 e. The van der Waals surface area contributed by atoms with Gasteiger partial charge in [-0.1, -0.05) is 12.1 Å². The predicted molar refractivity (Wildman–Crippen MR) is 83.6 cm³/mol. The third-order valence-electron chi connectivity index (χ3n) is 3.23. The summed E-state index contributed by atoms with van der Waals surface area (Å²) >= 11 is 2.27. The zero-order valence-electron chi connectivity index (χ0n) is 10.4. The van der Waals surface area contributed by atoms with E-state index < -0.39 is 0 Å². The minimum Gasteiger partial charge on any atom is -0.383 e. The van der Waals surface area contributed by atoms with Crippen LogP contribution in [0.1, 0.15) is 17.7 Å². The number of fused-ring (bicyclic) bond motifs is 1. The Balaban J connectivity index is 1.92. The normalized spacial score (nSPS) is 13.7. The summed E-state index contributed by atoms with van der Waals surface area (Å²) in [6, 6.07) is 9.82. The maximum absolute atomic E-state index is 12.0. The summed E-state index contributed by atoms with van der Waals surface area (Å²) in [5, 5.41) is 7.70. The van der Waals surface area contributed by atoms with E-state index in [-0.39, 0.29) is 5.56 Å². The minimum absolute atomic E-state index is 0.0494. The van der Waals surface area contributed by atoms with Crippen molar-refractivity contribution in [2.24, 2.45) is 0 Å². The van der Waals surface area contributed by atoms with Crippen LogP contribution >= 0.6 is 22.6 Å². The van der Waals surface area contributed by atoms with Gasteiger partial charge in [-0.2, -0.15) is 5.10 Å². The van der Waals surface area contributed by atoms with Crippen molar-refractivity contribution in [2.45, 2.75) is 19.4 Å². The number of rotatable bonds is 2. The van der Waals surface area contributed by atoms with Crippen LogP contribution in [-0.4, -0.2) is 16.3 Å². The molecule has 5 heteroatoms.